The summed E-state index contributed by atoms with van der Waals surface area (Å²) in [6.07, 6.45) is -1.79. The van der Waals surface area contributed by atoms with E-state index in [-0.39, 0.29) is 18.7 Å². The summed E-state index contributed by atoms with van der Waals surface area (Å²) < 4.78 is 17.7. The van der Waals surface area contributed by atoms with E-state index in [9.17, 15) is 14.3 Å². The summed E-state index contributed by atoms with van der Waals surface area (Å²) >= 11 is 0. The summed E-state index contributed by atoms with van der Waals surface area (Å²) in [7, 11) is 0. The summed E-state index contributed by atoms with van der Waals surface area (Å²) in [4.78, 5) is 10.2. The van der Waals surface area contributed by atoms with Gasteiger partial charge in [-0.15, -0.1) is 0 Å². The molecule has 0 radical (unpaired) electrons. The predicted molar refractivity (Wildman–Crippen MR) is 59.8 cm³/mol. The van der Waals surface area contributed by atoms with Crippen LogP contribution >= 0.6 is 0 Å². The lowest BCUT2D eigenvalue weighted by atomic mass is 10.1. The highest BCUT2D eigenvalue weighted by molar-refractivity contribution is 5.64. The van der Waals surface area contributed by atoms with Crippen molar-refractivity contribution in [3.05, 3.63) is 35.6 Å². The maximum Gasteiger partial charge on any atom is 0.404 e. The van der Waals surface area contributed by atoms with Crippen LogP contribution in [0.2, 0.25) is 0 Å². The molecule has 0 fully saturated rings. The first-order valence-electron chi connectivity index (χ1n) is 5.16. The van der Waals surface area contributed by atoms with Gasteiger partial charge in [-0.25, -0.2) is 9.18 Å². The van der Waals surface area contributed by atoms with Crippen molar-refractivity contribution < 1.29 is 19.0 Å². The highest BCUT2D eigenvalue weighted by atomic mass is 19.1. The molecule has 4 N–H and O–H groups in total. The largest absolute Gasteiger partial charge is 0.448 e. The van der Waals surface area contributed by atoms with Gasteiger partial charge < -0.3 is 20.9 Å². The first kappa shape index (κ1) is 13.4. The Morgan fingerprint density at radius 2 is 2.24 bits per heavy atom. The number of hydrogen-bond donors (Lipinski definition) is 3. The average Bonchev–Trinajstić information content (AvgIpc) is 2.28. The van der Waals surface area contributed by atoms with Crippen molar-refractivity contribution in [1.82, 2.24) is 5.32 Å². The van der Waals surface area contributed by atoms with E-state index in [4.69, 9.17) is 5.73 Å². The van der Waals surface area contributed by atoms with Crippen LogP contribution in [0.4, 0.5) is 9.18 Å². The lowest BCUT2D eigenvalue weighted by Gasteiger charge is -2.12. The number of nitrogens with two attached hydrogens (primary N) is 1. The average molecular weight is 242 g/mol. The summed E-state index contributed by atoms with van der Waals surface area (Å²) in [6.45, 7) is 0.622. The number of hydrogen-bond acceptors (Lipinski definition) is 4. The smallest absolute Gasteiger partial charge is 0.404 e. The van der Waals surface area contributed by atoms with E-state index in [1.165, 1.54) is 12.1 Å². The SMILES string of the molecule is NC(=O)OCCNCC(O)c1ccccc1F. The van der Waals surface area contributed by atoms with E-state index in [1.54, 1.807) is 12.1 Å². The maximum absolute atomic E-state index is 13.2. The number of carbonyl (C=O) groups excluding carboxylic acids is 1. The van der Waals surface area contributed by atoms with Crippen LogP contribution in [0, 0.1) is 5.82 Å². The molecule has 0 bridgehead atoms. The second-order valence-corrected chi connectivity index (χ2v) is 3.41. The van der Waals surface area contributed by atoms with Crippen LogP contribution in [-0.2, 0) is 4.74 Å². The number of rotatable bonds is 6. The van der Waals surface area contributed by atoms with E-state index in [1.807, 2.05) is 0 Å². The van der Waals surface area contributed by atoms with Crippen molar-refractivity contribution in [3.63, 3.8) is 0 Å². The molecule has 1 amide bonds. The Morgan fingerprint density at radius 1 is 1.53 bits per heavy atom. The minimum Gasteiger partial charge on any atom is -0.448 e. The van der Waals surface area contributed by atoms with Gasteiger partial charge in [0.15, 0.2) is 0 Å². The van der Waals surface area contributed by atoms with Gasteiger partial charge in [-0.05, 0) is 6.07 Å². The Kier molecular flexibility index (Phi) is 5.38. The molecule has 0 aliphatic heterocycles. The summed E-state index contributed by atoms with van der Waals surface area (Å²) in [5, 5.41) is 12.5. The monoisotopic (exact) mass is 242 g/mol. The van der Waals surface area contributed by atoms with Crippen LogP contribution in [0.15, 0.2) is 24.3 Å². The quantitative estimate of drug-likeness (QED) is 0.636. The Hall–Kier alpha value is -1.66. The molecule has 1 aromatic rings. The topological polar surface area (TPSA) is 84.6 Å². The van der Waals surface area contributed by atoms with Gasteiger partial charge in [-0.2, -0.15) is 0 Å². The van der Waals surface area contributed by atoms with Gasteiger partial charge in [0.25, 0.3) is 0 Å². The van der Waals surface area contributed by atoms with Gasteiger partial charge in [-0.3, -0.25) is 0 Å². The third kappa shape index (κ3) is 4.80. The fraction of sp³-hybridized carbons (Fsp3) is 0.364. The van der Waals surface area contributed by atoms with Crippen molar-refractivity contribution in [1.29, 1.82) is 0 Å². The number of aliphatic hydroxyl groups is 1. The lowest BCUT2D eigenvalue weighted by molar-refractivity contribution is 0.148. The molecule has 1 atom stereocenters. The molecule has 1 aromatic carbocycles. The van der Waals surface area contributed by atoms with Crippen LogP contribution in [0.1, 0.15) is 11.7 Å². The summed E-state index contributed by atoms with van der Waals surface area (Å²) in [5.74, 6) is -0.449. The molecule has 1 rings (SSSR count). The number of ether oxygens (including phenoxy) is 1. The third-order valence-electron chi connectivity index (χ3n) is 2.13. The van der Waals surface area contributed by atoms with Gasteiger partial charge in [0, 0.05) is 18.7 Å². The second-order valence-electron chi connectivity index (χ2n) is 3.41. The summed E-state index contributed by atoms with van der Waals surface area (Å²) in [5.41, 5.74) is 4.99. The van der Waals surface area contributed by atoms with Crippen molar-refractivity contribution in [2.75, 3.05) is 19.7 Å². The fourth-order valence-corrected chi connectivity index (χ4v) is 1.32. The van der Waals surface area contributed by atoms with Crippen LogP contribution in [0.3, 0.4) is 0 Å². The number of primary amides is 1. The van der Waals surface area contributed by atoms with Crippen molar-refractivity contribution in [3.8, 4) is 0 Å². The fourth-order valence-electron chi connectivity index (χ4n) is 1.32. The normalized spacial score (nSPS) is 12.1. The Balaban J connectivity index is 2.28. The maximum atomic E-state index is 13.2. The minimum atomic E-state index is -0.940. The molecule has 0 aliphatic rings. The predicted octanol–water partition coefficient (Wildman–Crippen LogP) is 0.544. The molecule has 94 valence electrons. The molecule has 0 heterocycles. The molecule has 6 heteroatoms. The molecular weight excluding hydrogens is 227 g/mol. The van der Waals surface area contributed by atoms with Crippen LogP contribution < -0.4 is 11.1 Å². The van der Waals surface area contributed by atoms with E-state index < -0.39 is 18.0 Å². The molecule has 5 nitrogen and oxygen atoms in total. The molecule has 0 aliphatic carbocycles. The van der Waals surface area contributed by atoms with Crippen molar-refractivity contribution in [2.24, 2.45) is 5.73 Å². The first-order valence-corrected chi connectivity index (χ1v) is 5.16. The highest BCUT2D eigenvalue weighted by Crippen LogP contribution is 2.15. The zero-order valence-electron chi connectivity index (χ0n) is 9.23. The molecule has 0 saturated heterocycles. The first-order chi connectivity index (χ1) is 8.11. The van der Waals surface area contributed by atoms with E-state index >= 15 is 0 Å². The zero-order chi connectivity index (χ0) is 12.7. The number of aliphatic hydroxyl groups excluding tert-OH is 1. The standard InChI is InChI=1S/C11H15FN2O3/c12-9-4-2-1-3-8(9)10(15)7-14-5-6-17-11(13)16/h1-4,10,14-15H,5-7H2,(H2,13,16). The molecule has 0 spiro atoms. The summed E-state index contributed by atoms with van der Waals surface area (Å²) in [6, 6.07) is 6.01. The van der Waals surface area contributed by atoms with Gasteiger partial charge in [0.05, 0.1) is 6.10 Å². The lowest BCUT2D eigenvalue weighted by Crippen LogP contribution is -2.27. The highest BCUT2D eigenvalue weighted by Gasteiger charge is 2.11. The van der Waals surface area contributed by atoms with Gasteiger partial charge in [0.1, 0.15) is 12.4 Å². The van der Waals surface area contributed by atoms with E-state index in [0.717, 1.165) is 0 Å². The van der Waals surface area contributed by atoms with Crippen molar-refractivity contribution in [2.45, 2.75) is 6.10 Å². The molecule has 1 unspecified atom stereocenters. The number of carbonyl (C=O) groups is 1. The van der Waals surface area contributed by atoms with E-state index in [2.05, 4.69) is 10.1 Å². The Bertz CT molecular complexity index is 373. The van der Waals surface area contributed by atoms with Crippen LogP contribution in [0.5, 0.6) is 0 Å². The second kappa shape index (κ2) is 6.82. The van der Waals surface area contributed by atoms with Gasteiger partial charge >= 0.3 is 6.09 Å². The van der Waals surface area contributed by atoms with Gasteiger partial charge in [0.2, 0.25) is 0 Å². The molecule has 17 heavy (non-hydrogen) atoms. The number of amides is 1. The number of nitrogens with one attached hydrogen (secondary N) is 1. The number of benzene rings is 1. The van der Waals surface area contributed by atoms with Crippen LogP contribution in [0.25, 0.3) is 0 Å². The number of halogens is 1. The van der Waals surface area contributed by atoms with Gasteiger partial charge in [-0.1, -0.05) is 18.2 Å². The minimum absolute atomic E-state index is 0.110. The molecule has 0 saturated carbocycles. The van der Waals surface area contributed by atoms with Crippen LogP contribution in [-0.4, -0.2) is 30.9 Å². The zero-order valence-corrected chi connectivity index (χ0v) is 9.23. The Labute approximate surface area is 98.4 Å². The molecular formula is C11H15FN2O3. The Morgan fingerprint density at radius 3 is 2.88 bits per heavy atom. The van der Waals surface area contributed by atoms with Crippen molar-refractivity contribution >= 4 is 6.09 Å². The molecule has 0 aromatic heterocycles. The third-order valence-corrected chi connectivity index (χ3v) is 2.13. The van der Waals surface area contributed by atoms with E-state index in [0.29, 0.717) is 6.54 Å².